The van der Waals surface area contributed by atoms with Gasteiger partial charge in [-0.05, 0) is 36.4 Å². The molecule has 0 spiro atoms. The van der Waals surface area contributed by atoms with E-state index >= 15 is 0 Å². The number of aromatic nitrogens is 3. The van der Waals surface area contributed by atoms with Crippen LogP contribution in [-0.4, -0.2) is 26.3 Å². The van der Waals surface area contributed by atoms with Crippen molar-refractivity contribution in [1.82, 2.24) is 14.6 Å². The van der Waals surface area contributed by atoms with Crippen LogP contribution < -0.4 is 11.1 Å². The van der Waals surface area contributed by atoms with E-state index in [1.54, 1.807) is 22.7 Å². The molecule has 0 fully saturated rings. The predicted octanol–water partition coefficient (Wildman–Crippen LogP) is 2.18. The van der Waals surface area contributed by atoms with Gasteiger partial charge in [0.25, 0.3) is 0 Å². The molecule has 0 aliphatic carbocycles. The number of fused-ring (bicyclic) bond motifs is 1. The van der Waals surface area contributed by atoms with E-state index in [0.717, 1.165) is 0 Å². The summed E-state index contributed by atoms with van der Waals surface area (Å²) >= 11 is 1.24. The Bertz CT molecular complexity index is 818. The molecule has 1 aromatic carbocycles. The molecule has 0 unspecified atom stereocenters. The fraction of sp³-hybridized carbons (Fsp3) is 0.0714. The quantitative estimate of drug-likeness (QED) is 0.720. The smallest absolute Gasteiger partial charge is 0.234 e. The van der Waals surface area contributed by atoms with Crippen molar-refractivity contribution in [2.45, 2.75) is 5.16 Å². The molecule has 2 heterocycles. The van der Waals surface area contributed by atoms with Gasteiger partial charge in [-0.25, -0.2) is 4.39 Å². The molecule has 0 saturated heterocycles. The Morgan fingerprint density at radius 2 is 2.00 bits per heavy atom. The Morgan fingerprint density at radius 1 is 1.23 bits per heavy atom. The number of nitrogens with zero attached hydrogens (tertiary/aromatic N) is 3. The summed E-state index contributed by atoms with van der Waals surface area (Å²) in [7, 11) is 0. The fourth-order valence-electron chi connectivity index (χ4n) is 1.85. The fourth-order valence-corrected chi connectivity index (χ4v) is 2.56. The Balaban J connectivity index is 1.64. The number of benzene rings is 1. The zero-order valence-electron chi connectivity index (χ0n) is 11.4. The Morgan fingerprint density at radius 3 is 2.77 bits per heavy atom. The van der Waals surface area contributed by atoms with Crippen LogP contribution in [0.5, 0.6) is 0 Å². The number of halogens is 1. The van der Waals surface area contributed by atoms with Crippen LogP contribution in [0.2, 0.25) is 0 Å². The Hall–Kier alpha value is -2.61. The molecule has 3 N–H and O–H groups in total. The first-order chi connectivity index (χ1) is 10.6. The molecule has 0 saturated carbocycles. The van der Waals surface area contributed by atoms with Crippen LogP contribution in [0.3, 0.4) is 0 Å². The van der Waals surface area contributed by atoms with Gasteiger partial charge in [0, 0.05) is 17.6 Å². The van der Waals surface area contributed by atoms with Crippen LogP contribution in [0.4, 0.5) is 15.8 Å². The number of amides is 1. The lowest BCUT2D eigenvalue weighted by atomic mass is 10.3. The van der Waals surface area contributed by atoms with E-state index in [1.165, 1.54) is 36.0 Å². The van der Waals surface area contributed by atoms with E-state index in [4.69, 9.17) is 5.73 Å². The van der Waals surface area contributed by atoms with Gasteiger partial charge < -0.3 is 11.1 Å². The van der Waals surface area contributed by atoms with Crippen molar-refractivity contribution in [2.24, 2.45) is 0 Å². The molecule has 0 radical (unpaired) electrons. The average molecular weight is 317 g/mol. The zero-order valence-corrected chi connectivity index (χ0v) is 12.2. The number of pyridine rings is 1. The summed E-state index contributed by atoms with van der Waals surface area (Å²) in [6.07, 6.45) is 1.70. The molecule has 0 bridgehead atoms. The summed E-state index contributed by atoms with van der Waals surface area (Å²) in [4.78, 5) is 11.9. The maximum absolute atomic E-state index is 12.8. The number of hydrogen-bond acceptors (Lipinski definition) is 5. The van der Waals surface area contributed by atoms with E-state index in [1.807, 2.05) is 0 Å². The monoisotopic (exact) mass is 317 g/mol. The summed E-state index contributed by atoms with van der Waals surface area (Å²) in [6.45, 7) is 0. The first-order valence-electron chi connectivity index (χ1n) is 6.40. The van der Waals surface area contributed by atoms with Crippen molar-refractivity contribution >= 4 is 34.7 Å². The molecule has 0 aliphatic heterocycles. The van der Waals surface area contributed by atoms with Gasteiger partial charge in [-0.1, -0.05) is 11.8 Å². The SMILES string of the molecule is Nc1ccc2nnc(SCC(=O)Nc3ccc(F)cc3)n2c1. The first kappa shape index (κ1) is 14.3. The molecule has 6 nitrogen and oxygen atoms in total. The second-order valence-corrected chi connectivity index (χ2v) is 5.46. The zero-order chi connectivity index (χ0) is 15.5. The van der Waals surface area contributed by atoms with Gasteiger partial charge in [0.2, 0.25) is 5.91 Å². The predicted molar refractivity (Wildman–Crippen MR) is 83.2 cm³/mol. The molecule has 2 aromatic heterocycles. The lowest BCUT2D eigenvalue weighted by Gasteiger charge is -2.04. The van der Waals surface area contributed by atoms with Gasteiger partial charge in [0.1, 0.15) is 5.82 Å². The molecule has 0 atom stereocenters. The van der Waals surface area contributed by atoms with Crippen molar-refractivity contribution in [1.29, 1.82) is 0 Å². The lowest BCUT2D eigenvalue weighted by Crippen LogP contribution is -2.14. The average Bonchev–Trinajstić information content (AvgIpc) is 2.90. The second-order valence-electron chi connectivity index (χ2n) is 4.52. The van der Waals surface area contributed by atoms with Gasteiger partial charge >= 0.3 is 0 Å². The van der Waals surface area contributed by atoms with Crippen molar-refractivity contribution < 1.29 is 9.18 Å². The number of nitrogens with one attached hydrogen (secondary N) is 1. The summed E-state index contributed by atoms with van der Waals surface area (Å²) in [5.74, 6) is -0.398. The number of nitrogens with two attached hydrogens (primary N) is 1. The van der Waals surface area contributed by atoms with Gasteiger partial charge in [-0.2, -0.15) is 0 Å². The first-order valence-corrected chi connectivity index (χ1v) is 7.39. The maximum atomic E-state index is 12.8. The third-order valence-corrected chi connectivity index (χ3v) is 3.80. The summed E-state index contributed by atoms with van der Waals surface area (Å²) in [6, 6.07) is 9.08. The number of nitrogen functional groups attached to an aromatic ring is 1. The van der Waals surface area contributed by atoms with Crippen molar-refractivity contribution in [3.8, 4) is 0 Å². The second kappa shape index (κ2) is 6.02. The summed E-state index contributed by atoms with van der Waals surface area (Å²) < 4.78 is 14.5. The van der Waals surface area contributed by atoms with Crippen LogP contribution in [0.15, 0.2) is 47.8 Å². The number of thioether (sulfide) groups is 1. The highest BCUT2D eigenvalue weighted by Crippen LogP contribution is 2.18. The maximum Gasteiger partial charge on any atom is 0.234 e. The highest BCUT2D eigenvalue weighted by atomic mass is 32.2. The van der Waals surface area contributed by atoms with Crippen LogP contribution in [-0.2, 0) is 4.79 Å². The normalized spacial score (nSPS) is 10.8. The highest BCUT2D eigenvalue weighted by molar-refractivity contribution is 7.99. The topological polar surface area (TPSA) is 85.3 Å². The van der Waals surface area contributed by atoms with Crippen LogP contribution in [0.1, 0.15) is 0 Å². The van der Waals surface area contributed by atoms with Gasteiger partial charge in [0.15, 0.2) is 10.8 Å². The van der Waals surface area contributed by atoms with Gasteiger partial charge in [0.05, 0.1) is 5.75 Å². The molecule has 112 valence electrons. The van der Waals surface area contributed by atoms with Crippen molar-refractivity contribution in [3.05, 3.63) is 48.4 Å². The number of hydrogen-bond donors (Lipinski definition) is 2. The summed E-state index contributed by atoms with van der Waals surface area (Å²) in [5, 5.41) is 11.3. The van der Waals surface area contributed by atoms with E-state index in [9.17, 15) is 9.18 Å². The molecule has 3 aromatic rings. The molecule has 22 heavy (non-hydrogen) atoms. The van der Waals surface area contributed by atoms with E-state index < -0.39 is 0 Å². The minimum atomic E-state index is -0.347. The van der Waals surface area contributed by atoms with Crippen molar-refractivity contribution in [2.75, 3.05) is 16.8 Å². The molecular formula is C14H12FN5OS. The standard InChI is InChI=1S/C14H12FN5OS/c15-9-1-4-11(5-2-9)17-13(21)8-22-14-19-18-12-6-3-10(16)7-20(12)14/h1-7H,8,16H2,(H,17,21). The number of rotatable bonds is 4. The minimum Gasteiger partial charge on any atom is -0.398 e. The van der Waals surface area contributed by atoms with E-state index in [-0.39, 0.29) is 17.5 Å². The molecule has 3 rings (SSSR count). The van der Waals surface area contributed by atoms with Crippen LogP contribution in [0.25, 0.3) is 5.65 Å². The highest BCUT2D eigenvalue weighted by Gasteiger charge is 2.09. The third kappa shape index (κ3) is 3.17. The number of carbonyl (C=O) groups excluding carboxylic acids is 1. The van der Waals surface area contributed by atoms with Gasteiger partial charge in [-0.3, -0.25) is 9.20 Å². The summed E-state index contributed by atoms with van der Waals surface area (Å²) in [5.41, 5.74) is 7.52. The van der Waals surface area contributed by atoms with E-state index in [0.29, 0.717) is 22.2 Å². The lowest BCUT2D eigenvalue weighted by molar-refractivity contribution is -0.113. The van der Waals surface area contributed by atoms with Crippen LogP contribution >= 0.6 is 11.8 Å². The minimum absolute atomic E-state index is 0.160. The number of carbonyl (C=O) groups is 1. The van der Waals surface area contributed by atoms with Crippen LogP contribution in [0, 0.1) is 5.82 Å². The molecule has 0 aliphatic rings. The Labute approximate surface area is 129 Å². The third-order valence-electron chi connectivity index (χ3n) is 2.85. The Kier molecular flexibility index (Phi) is 3.92. The van der Waals surface area contributed by atoms with Gasteiger partial charge in [-0.15, -0.1) is 10.2 Å². The molecule has 1 amide bonds. The van der Waals surface area contributed by atoms with Crippen molar-refractivity contribution in [3.63, 3.8) is 0 Å². The largest absolute Gasteiger partial charge is 0.398 e. The number of anilines is 2. The molecular weight excluding hydrogens is 305 g/mol. The molecule has 8 heteroatoms. The van der Waals surface area contributed by atoms with E-state index in [2.05, 4.69) is 15.5 Å².